The van der Waals surface area contributed by atoms with Crippen LogP contribution in [0.2, 0.25) is 0 Å². The summed E-state index contributed by atoms with van der Waals surface area (Å²) in [6, 6.07) is 13.6. The largest absolute Gasteiger partial charge is 0.509 e. The Balaban J connectivity index is 1.75. The number of pyridine rings is 1. The number of aromatic nitrogens is 1. The summed E-state index contributed by atoms with van der Waals surface area (Å²) in [6.45, 7) is 5.62. The smallest absolute Gasteiger partial charge is 0.479 e. The second kappa shape index (κ2) is 7.61. The third-order valence-corrected chi connectivity index (χ3v) is 7.39. The first-order chi connectivity index (χ1) is 17.1. The molecule has 0 spiro atoms. The SMILES string of the molecule is CC(Oc1cc2c(=O)c3cc4ccccc4cc3n(C)c2c2c1OC(C)(C)C1OC(=O)OC21)N(C)C. The molecule has 3 aromatic carbocycles. The highest BCUT2D eigenvalue weighted by Gasteiger charge is 2.55. The molecular weight excluding hydrogens is 460 g/mol. The van der Waals surface area contributed by atoms with Gasteiger partial charge in [-0.1, -0.05) is 24.3 Å². The van der Waals surface area contributed by atoms with E-state index in [-0.39, 0.29) is 11.7 Å². The van der Waals surface area contributed by atoms with Gasteiger partial charge in [0.25, 0.3) is 0 Å². The Kier molecular flexibility index (Phi) is 4.79. The van der Waals surface area contributed by atoms with E-state index in [1.54, 1.807) is 6.07 Å². The van der Waals surface area contributed by atoms with Crippen molar-refractivity contribution in [3.63, 3.8) is 0 Å². The van der Waals surface area contributed by atoms with E-state index in [0.29, 0.717) is 33.4 Å². The second-order valence-corrected chi connectivity index (χ2v) is 10.3. The van der Waals surface area contributed by atoms with E-state index in [1.807, 2.05) is 87.8 Å². The van der Waals surface area contributed by atoms with Crippen molar-refractivity contribution >= 4 is 38.7 Å². The molecule has 1 aromatic heterocycles. The number of hydrogen-bond acceptors (Lipinski definition) is 7. The van der Waals surface area contributed by atoms with Gasteiger partial charge in [-0.05, 0) is 63.8 Å². The molecule has 1 saturated heterocycles. The van der Waals surface area contributed by atoms with Gasteiger partial charge in [0.05, 0.1) is 22.0 Å². The van der Waals surface area contributed by atoms with Crippen molar-refractivity contribution in [1.29, 1.82) is 0 Å². The molecule has 4 aromatic rings. The van der Waals surface area contributed by atoms with E-state index < -0.39 is 24.0 Å². The third kappa shape index (κ3) is 3.17. The van der Waals surface area contributed by atoms with Crippen LogP contribution in [0.15, 0.2) is 47.3 Å². The molecular formula is C28H28N2O6. The minimum atomic E-state index is -0.872. The predicted molar refractivity (Wildman–Crippen MR) is 137 cm³/mol. The number of hydrogen-bond donors (Lipinski definition) is 0. The summed E-state index contributed by atoms with van der Waals surface area (Å²) in [4.78, 5) is 28.2. The van der Waals surface area contributed by atoms with Gasteiger partial charge in [0.1, 0.15) is 11.8 Å². The summed E-state index contributed by atoms with van der Waals surface area (Å²) >= 11 is 0. The number of benzene rings is 3. The Morgan fingerprint density at radius 1 is 1.03 bits per heavy atom. The zero-order valence-electron chi connectivity index (χ0n) is 21.1. The molecule has 186 valence electrons. The maximum absolute atomic E-state index is 14.0. The monoisotopic (exact) mass is 488 g/mol. The van der Waals surface area contributed by atoms with Gasteiger partial charge in [0.2, 0.25) is 0 Å². The van der Waals surface area contributed by atoms with Crippen molar-refractivity contribution in [3.05, 3.63) is 58.3 Å². The molecule has 0 N–H and O–H groups in total. The van der Waals surface area contributed by atoms with Gasteiger partial charge < -0.3 is 23.5 Å². The molecule has 8 nitrogen and oxygen atoms in total. The molecule has 0 radical (unpaired) electrons. The predicted octanol–water partition coefficient (Wildman–Crippen LogP) is 4.88. The van der Waals surface area contributed by atoms with Gasteiger partial charge in [0, 0.05) is 12.4 Å². The number of nitrogens with zero attached hydrogens (tertiary/aromatic N) is 2. The van der Waals surface area contributed by atoms with Gasteiger partial charge in [-0.25, -0.2) is 4.79 Å². The Bertz CT molecular complexity index is 1640. The minimum Gasteiger partial charge on any atom is -0.479 e. The van der Waals surface area contributed by atoms with Crippen LogP contribution in [0.1, 0.15) is 32.4 Å². The quantitative estimate of drug-likeness (QED) is 0.231. The van der Waals surface area contributed by atoms with E-state index in [9.17, 15) is 9.59 Å². The van der Waals surface area contributed by atoms with Crippen LogP contribution in [0.3, 0.4) is 0 Å². The standard InChI is InChI=1S/C28H28N2O6/c1-14(29(4)5)33-20-13-18-22(21-24(20)36-28(2,3)26-25(21)34-27(32)35-26)30(6)19-12-16-10-8-7-9-15(16)11-17(19)23(18)31/h7-14,25-26H,1-6H3. The molecule has 1 fully saturated rings. The minimum absolute atomic E-state index is 0.124. The molecule has 0 bridgehead atoms. The summed E-state index contributed by atoms with van der Waals surface area (Å²) in [5.41, 5.74) is 0.990. The average molecular weight is 489 g/mol. The highest BCUT2D eigenvalue weighted by Crippen LogP contribution is 2.53. The van der Waals surface area contributed by atoms with E-state index in [2.05, 4.69) is 0 Å². The van der Waals surface area contributed by atoms with Crippen molar-refractivity contribution in [1.82, 2.24) is 9.47 Å². The maximum Gasteiger partial charge on any atom is 0.509 e. The van der Waals surface area contributed by atoms with E-state index in [1.165, 1.54) is 0 Å². The van der Waals surface area contributed by atoms with Crippen LogP contribution in [0.5, 0.6) is 11.5 Å². The fraction of sp³-hybridized carbons (Fsp3) is 0.357. The molecule has 3 heterocycles. The molecule has 6 rings (SSSR count). The van der Waals surface area contributed by atoms with Gasteiger partial charge in [-0.2, -0.15) is 0 Å². The molecule has 2 aliphatic rings. The number of fused-ring (bicyclic) bond motifs is 7. The number of ether oxygens (including phenoxy) is 4. The lowest BCUT2D eigenvalue weighted by atomic mass is 9.86. The van der Waals surface area contributed by atoms with Crippen LogP contribution in [0, 0.1) is 0 Å². The Morgan fingerprint density at radius 2 is 1.72 bits per heavy atom. The Hall–Kier alpha value is -3.78. The van der Waals surface area contributed by atoms with Gasteiger partial charge in [-0.3, -0.25) is 9.69 Å². The summed E-state index contributed by atoms with van der Waals surface area (Å²) < 4.78 is 26.0. The zero-order valence-corrected chi connectivity index (χ0v) is 21.1. The van der Waals surface area contributed by atoms with Crippen LogP contribution < -0.4 is 14.9 Å². The third-order valence-electron chi connectivity index (χ3n) is 7.39. The maximum atomic E-state index is 14.0. The molecule has 3 atom stereocenters. The molecule has 0 saturated carbocycles. The van der Waals surface area contributed by atoms with Gasteiger partial charge in [-0.15, -0.1) is 0 Å². The van der Waals surface area contributed by atoms with Gasteiger partial charge in [0.15, 0.2) is 29.1 Å². The van der Waals surface area contributed by atoms with Crippen molar-refractivity contribution < 1.29 is 23.7 Å². The lowest BCUT2D eigenvalue weighted by molar-refractivity contribution is -0.0532. The molecule has 0 aliphatic carbocycles. The van der Waals surface area contributed by atoms with Crippen LogP contribution in [0.4, 0.5) is 4.79 Å². The summed E-state index contributed by atoms with van der Waals surface area (Å²) in [6.07, 6.45) is -2.48. The average Bonchev–Trinajstić information content (AvgIpc) is 3.24. The van der Waals surface area contributed by atoms with E-state index in [0.717, 1.165) is 16.3 Å². The lowest BCUT2D eigenvalue weighted by Gasteiger charge is -2.40. The van der Waals surface area contributed by atoms with Gasteiger partial charge >= 0.3 is 6.16 Å². The highest BCUT2D eigenvalue weighted by atomic mass is 16.8. The van der Waals surface area contributed by atoms with Crippen LogP contribution in [0.25, 0.3) is 32.6 Å². The molecule has 36 heavy (non-hydrogen) atoms. The summed E-state index contributed by atoms with van der Waals surface area (Å²) in [7, 11) is 5.72. The number of rotatable bonds is 3. The Labute approximate surface area is 207 Å². The molecule has 3 unspecified atom stereocenters. The first-order valence-electron chi connectivity index (χ1n) is 12.0. The lowest BCUT2D eigenvalue weighted by Crippen LogP contribution is -2.48. The second-order valence-electron chi connectivity index (χ2n) is 10.3. The van der Waals surface area contributed by atoms with E-state index >= 15 is 0 Å². The Morgan fingerprint density at radius 3 is 2.42 bits per heavy atom. The van der Waals surface area contributed by atoms with E-state index in [4.69, 9.17) is 18.9 Å². The summed E-state index contributed by atoms with van der Waals surface area (Å²) in [5.74, 6) is 0.876. The van der Waals surface area contributed by atoms with Crippen molar-refractivity contribution in [3.8, 4) is 11.5 Å². The number of aryl methyl sites for hydroxylation is 1. The topological polar surface area (TPSA) is 79.2 Å². The number of carbonyl (C=O) groups excluding carboxylic acids is 1. The van der Waals surface area contributed by atoms with Crippen LogP contribution in [-0.4, -0.2) is 47.7 Å². The van der Waals surface area contributed by atoms with Crippen molar-refractivity contribution in [2.24, 2.45) is 7.05 Å². The molecule has 0 amide bonds. The normalized spacial score (nSPS) is 21.1. The highest BCUT2D eigenvalue weighted by molar-refractivity contribution is 6.03. The first-order valence-corrected chi connectivity index (χ1v) is 12.0. The first kappa shape index (κ1) is 22.7. The van der Waals surface area contributed by atoms with Crippen LogP contribution in [-0.2, 0) is 16.5 Å². The van der Waals surface area contributed by atoms with Crippen molar-refractivity contribution in [2.45, 2.75) is 44.8 Å². The molecule has 2 aliphatic heterocycles. The fourth-order valence-electron chi connectivity index (χ4n) is 5.28. The summed E-state index contributed by atoms with van der Waals surface area (Å²) in [5, 5.41) is 3.08. The molecule has 8 heteroatoms. The van der Waals surface area contributed by atoms with Crippen LogP contribution >= 0.6 is 0 Å². The van der Waals surface area contributed by atoms with Crippen molar-refractivity contribution in [2.75, 3.05) is 14.1 Å². The number of carbonyl (C=O) groups is 1. The fourth-order valence-corrected chi connectivity index (χ4v) is 5.28. The zero-order chi connectivity index (χ0) is 25.5.